The minimum Gasteiger partial charge on any atom is -0.379 e. The van der Waals surface area contributed by atoms with E-state index < -0.39 is 0 Å². The van der Waals surface area contributed by atoms with Crippen LogP contribution in [0.1, 0.15) is 5.69 Å². The van der Waals surface area contributed by atoms with Crippen LogP contribution in [0.25, 0.3) is 0 Å². The van der Waals surface area contributed by atoms with E-state index in [-0.39, 0.29) is 0 Å². The minimum absolute atomic E-state index is 0.625. The van der Waals surface area contributed by atoms with Crippen molar-refractivity contribution < 1.29 is 0 Å². The van der Waals surface area contributed by atoms with Gasteiger partial charge in [0.2, 0.25) is 0 Å². The molecule has 1 aromatic heterocycles. The molecule has 0 aliphatic heterocycles. The number of benzene rings is 1. The van der Waals surface area contributed by atoms with E-state index in [4.69, 9.17) is 23.2 Å². The molecule has 2 rings (SSSR count). The Morgan fingerprint density at radius 1 is 1.25 bits per heavy atom. The maximum Gasteiger partial charge on any atom is 0.0946 e. The standard InChI is InChI=1S/C11H11Cl2N3/c1-16-7-14-5-11(16)6-15-10-3-8(12)2-9(13)4-10/h2-5,7,15H,6H2,1H3. The molecule has 2 aromatic rings. The maximum absolute atomic E-state index is 5.90. The number of aryl methyl sites for hydroxylation is 1. The van der Waals surface area contributed by atoms with Gasteiger partial charge in [-0.3, -0.25) is 0 Å². The topological polar surface area (TPSA) is 29.9 Å². The number of aromatic nitrogens is 2. The van der Waals surface area contributed by atoms with Crippen molar-refractivity contribution in [2.45, 2.75) is 6.54 Å². The van der Waals surface area contributed by atoms with E-state index in [2.05, 4.69) is 10.3 Å². The van der Waals surface area contributed by atoms with Crippen molar-refractivity contribution in [2.24, 2.45) is 7.05 Å². The number of halogens is 2. The van der Waals surface area contributed by atoms with Gasteiger partial charge in [0.1, 0.15) is 0 Å². The van der Waals surface area contributed by atoms with E-state index in [1.807, 2.05) is 29.9 Å². The van der Waals surface area contributed by atoms with Crippen molar-refractivity contribution in [1.82, 2.24) is 9.55 Å². The van der Waals surface area contributed by atoms with Crippen molar-refractivity contribution >= 4 is 28.9 Å². The monoisotopic (exact) mass is 255 g/mol. The van der Waals surface area contributed by atoms with Gasteiger partial charge in [0, 0.05) is 29.0 Å². The summed E-state index contributed by atoms with van der Waals surface area (Å²) in [4.78, 5) is 4.04. The summed E-state index contributed by atoms with van der Waals surface area (Å²) in [5.74, 6) is 0. The third kappa shape index (κ3) is 2.68. The molecule has 16 heavy (non-hydrogen) atoms. The molecule has 0 fully saturated rings. The number of nitrogens with zero attached hydrogens (tertiary/aromatic N) is 2. The van der Waals surface area contributed by atoms with E-state index in [1.165, 1.54) is 0 Å². The SMILES string of the molecule is Cn1cncc1CNc1cc(Cl)cc(Cl)c1. The van der Waals surface area contributed by atoms with Gasteiger partial charge in [0.15, 0.2) is 0 Å². The molecule has 0 radical (unpaired) electrons. The number of hydrogen-bond acceptors (Lipinski definition) is 2. The van der Waals surface area contributed by atoms with Gasteiger partial charge in [0.05, 0.1) is 18.6 Å². The molecule has 0 saturated heterocycles. The molecule has 0 bridgehead atoms. The van der Waals surface area contributed by atoms with Gasteiger partial charge >= 0.3 is 0 Å². The van der Waals surface area contributed by atoms with Crippen molar-refractivity contribution in [2.75, 3.05) is 5.32 Å². The summed E-state index contributed by atoms with van der Waals surface area (Å²) in [6.45, 7) is 0.688. The lowest BCUT2D eigenvalue weighted by Gasteiger charge is -2.07. The van der Waals surface area contributed by atoms with E-state index in [0.29, 0.717) is 16.6 Å². The minimum atomic E-state index is 0.625. The zero-order chi connectivity index (χ0) is 11.5. The molecule has 0 atom stereocenters. The Morgan fingerprint density at radius 2 is 1.94 bits per heavy atom. The summed E-state index contributed by atoms with van der Waals surface area (Å²) in [5.41, 5.74) is 2.00. The Labute approximate surface area is 104 Å². The van der Waals surface area contributed by atoms with Gasteiger partial charge in [-0.05, 0) is 18.2 Å². The van der Waals surface area contributed by atoms with Crippen molar-refractivity contribution in [1.29, 1.82) is 0 Å². The van der Waals surface area contributed by atoms with Crippen LogP contribution in [0.2, 0.25) is 10.0 Å². The van der Waals surface area contributed by atoms with E-state index in [0.717, 1.165) is 11.4 Å². The summed E-state index contributed by atoms with van der Waals surface area (Å²) in [6, 6.07) is 5.38. The van der Waals surface area contributed by atoms with Crippen LogP contribution in [-0.4, -0.2) is 9.55 Å². The van der Waals surface area contributed by atoms with Crippen LogP contribution in [0.4, 0.5) is 5.69 Å². The van der Waals surface area contributed by atoms with Gasteiger partial charge in [-0.15, -0.1) is 0 Å². The lowest BCUT2D eigenvalue weighted by Crippen LogP contribution is -2.03. The molecule has 1 aromatic carbocycles. The normalized spacial score (nSPS) is 10.4. The van der Waals surface area contributed by atoms with Gasteiger partial charge in [-0.2, -0.15) is 0 Å². The van der Waals surface area contributed by atoms with Crippen LogP contribution in [0.5, 0.6) is 0 Å². The van der Waals surface area contributed by atoms with Gasteiger partial charge < -0.3 is 9.88 Å². The molecule has 0 spiro atoms. The fourth-order valence-electron chi connectivity index (χ4n) is 1.40. The molecule has 0 unspecified atom stereocenters. The second kappa shape index (κ2) is 4.76. The summed E-state index contributed by atoms with van der Waals surface area (Å²) >= 11 is 11.8. The van der Waals surface area contributed by atoms with Crippen LogP contribution >= 0.6 is 23.2 Å². The Balaban J connectivity index is 2.07. The predicted octanol–water partition coefficient (Wildman–Crippen LogP) is 3.34. The highest BCUT2D eigenvalue weighted by Crippen LogP contribution is 2.22. The van der Waals surface area contributed by atoms with E-state index in [9.17, 15) is 0 Å². The number of imidazole rings is 1. The molecular weight excluding hydrogens is 245 g/mol. The summed E-state index contributed by atoms with van der Waals surface area (Å²) in [7, 11) is 1.95. The molecule has 0 aliphatic rings. The summed E-state index contributed by atoms with van der Waals surface area (Å²) in [5, 5.41) is 4.49. The Bertz CT molecular complexity index is 473. The van der Waals surface area contributed by atoms with Crippen LogP contribution in [0, 0.1) is 0 Å². The summed E-state index contributed by atoms with van der Waals surface area (Å²) < 4.78 is 1.96. The third-order valence-corrected chi connectivity index (χ3v) is 2.69. The molecule has 0 amide bonds. The maximum atomic E-state index is 5.90. The lowest BCUT2D eigenvalue weighted by atomic mass is 10.3. The highest BCUT2D eigenvalue weighted by molar-refractivity contribution is 6.35. The highest BCUT2D eigenvalue weighted by atomic mass is 35.5. The van der Waals surface area contributed by atoms with Crippen molar-refractivity contribution in [3.63, 3.8) is 0 Å². The first kappa shape index (κ1) is 11.3. The van der Waals surface area contributed by atoms with Crippen LogP contribution < -0.4 is 5.32 Å². The van der Waals surface area contributed by atoms with Crippen LogP contribution in [-0.2, 0) is 13.6 Å². The third-order valence-electron chi connectivity index (χ3n) is 2.25. The largest absolute Gasteiger partial charge is 0.379 e. The number of rotatable bonds is 3. The quantitative estimate of drug-likeness (QED) is 0.912. The van der Waals surface area contributed by atoms with Gasteiger partial charge in [0.25, 0.3) is 0 Å². The molecule has 0 aliphatic carbocycles. The Kier molecular flexibility index (Phi) is 3.36. The average Bonchev–Trinajstić information content (AvgIpc) is 2.59. The fourth-order valence-corrected chi connectivity index (χ4v) is 1.93. The summed E-state index contributed by atoms with van der Waals surface area (Å²) in [6.07, 6.45) is 3.58. The average molecular weight is 256 g/mol. The smallest absolute Gasteiger partial charge is 0.0946 e. The molecular formula is C11H11Cl2N3. The Hall–Kier alpha value is -1.19. The molecule has 84 valence electrons. The van der Waals surface area contributed by atoms with Gasteiger partial charge in [-0.1, -0.05) is 23.2 Å². The van der Waals surface area contributed by atoms with E-state index >= 15 is 0 Å². The highest BCUT2D eigenvalue weighted by Gasteiger charge is 2.00. The second-order valence-corrected chi connectivity index (χ2v) is 4.38. The number of anilines is 1. The van der Waals surface area contributed by atoms with E-state index in [1.54, 1.807) is 12.4 Å². The van der Waals surface area contributed by atoms with Crippen LogP contribution in [0.3, 0.4) is 0 Å². The first-order valence-corrected chi connectivity index (χ1v) is 5.56. The number of nitrogens with one attached hydrogen (secondary N) is 1. The predicted molar refractivity (Wildman–Crippen MR) is 67.0 cm³/mol. The van der Waals surface area contributed by atoms with Crippen LogP contribution in [0.15, 0.2) is 30.7 Å². The zero-order valence-electron chi connectivity index (χ0n) is 8.74. The second-order valence-electron chi connectivity index (χ2n) is 3.51. The molecule has 0 saturated carbocycles. The molecule has 3 nitrogen and oxygen atoms in total. The fraction of sp³-hybridized carbons (Fsp3) is 0.182. The molecule has 1 heterocycles. The first-order valence-electron chi connectivity index (χ1n) is 4.80. The molecule has 5 heteroatoms. The number of hydrogen-bond donors (Lipinski definition) is 1. The lowest BCUT2D eigenvalue weighted by molar-refractivity contribution is 0.837. The van der Waals surface area contributed by atoms with Crippen molar-refractivity contribution in [3.8, 4) is 0 Å². The molecule has 1 N–H and O–H groups in total. The zero-order valence-corrected chi connectivity index (χ0v) is 10.3. The Morgan fingerprint density at radius 3 is 2.50 bits per heavy atom. The van der Waals surface area contributed by atoms with Gasteiger partial charge in [-0.25, -0.2) is 4.98 Å². The first-order chi connectivity index (χ1) is 7.65. The van der Waals surface area contributed by atoms with Crippen molar-refractivity contribution in [3.05, 3.63) is 46.5 Å².